The Balaban J connectivity index is 2.81. The second-order valence-corrected chi connectivity index (χ2v) is 4.29. The summed E-state index contributed by atoms with van der Waals surface area (Å²) in [6.07, 6.45) is -0.121. The lowest BCUT2D eigenvalue weighted by Crippen LogP contribution is -2.19. The van der Waals surface area contributed by atoms with E-state index in [4.69, 9.17) is 4.74 Å². The van der Waals surface area contributed by atoms with E-state index in [0.717, 1.165) is 0 Å². The Labute approximate surface area is 122 Å². The number of carbonyl (C=O) groups is 3. The van der Waals surface area contributed by atoms with E-state index in [1.807, 2.05) is 0 Å². The standard InChI is InChI=1S/C14H17NO6/c1-4-19-14(18)21-13(17)10-6-5-7-15-11(10)8-12(16)20-9(2)3/h5-7,9H,4,8H2,1-3H3. The van der Waals surface area contributed by atoms with Gasteiger partial charge in [-0.3, -0.25) is 9.78 Å². The molecule has 1 heterocycles. The first-order valence-electron chi connectivity index (χ1n) is 6.46. The average molecular weight is 295 g/mol. The highest BCUT2D eigenvalue weighted by atomic mass is 16.7. The van der Waals surface area contributed by atoms with Gasteiger partial charge in [0.1, 0.15) is 0 Å². The van der Waals surface area contributed by atoms with Gasteiger partial charge in [-0.25, -0.2) is 9.59 Å². The summed E-state index contributed by atoms with van der Waals surface area (Å²) in [7, 11) is 0. The molecule has 114 valence electrons. The Kier molecular flexibility index (Phi) is 6.32. The van der Waals surface area contributed by atoms with Crippen molar-refractivity contribution in [1.29, 1.82) is 0 Å². The maximum Gasteiger partial charge on any atom is 0.516 e. The number of carbonyl (C=O) groups excluding carboxylic acids is 3. The smallest absolute Gasteiger partial charge is 0.463 e. The van der Waals surface area contributed by atoms with E-state index >= 15 is 0 Å². The van der Waals surface area contributed by atoms with Crippen molar-refractivity contribution in [3.63, 3.8) is 0 Å². The Bertz CT molecular complexity index is 526. The SMILES string of the molecule is CCOC(=O)OC(=O)c1cccnc1CC(=O)OC(C)C. The van der Waals surface area contributed by atoms with Crippen LogP contribution in [0.3, 0.4) is 0 Å². The first kappa shape index (κ1) is 16.6. The van der Waals surface area contributed by atoms with Crippen LogP contribution in [0.4, 0.5) is 4.79 Å². The number of hydrogen-bond acceptors (Lipinski definition) is 7. The van der Waals surface area contributed by atoms with Crippen molar-refractivity contribution in [2.75, 3.05) is 6.61 Å². The molecule has 0 aliphatic carbocycles. The summed E-state index contributed by atoms with van der Waals surface area (Å²) in [5.74, 6) is -1.44. The normalized spacial score (nSPS) is 10.1. The summed E-state index contributed by atoms with van der Waals surface area (Å²) >= 11 is 0. The van der Waals surface area contributed by atoms with E-state index in [-0.39, 0.29) is 30.4 Å². The number of hydrogen-bond donors (Lipinski definition) is 0. The average Bonchev–Trinajstić information content (AvgIpc) is 2.38. The van der Waals surface area contributed by atoms with Gasteiger partial charge in [0, 0.05) is 6.20 Å². The van der Waals surface area contributed by atoms with E-state index in [1.54, 1.807) is 20.8 Å². The quantitative estimate of drug-likeness (QED) is 0.605. The third-order valence-corrected chi connectivity index (χ3v) is 2.23. The highest BCUT2D eigenvalue weighted by molar-refractivity contribution is 5.96. The van der Waals surface area contributed by atoms with E-state index in [2.05, 4.69) is 14.5 Å². The third-order valence-electron chi connectivity index (χ3n) is 2.23. The molecule has 0 aliphatic heterocycles. The van der Waals surface area contributed by atoms with Crippen LogP contribution in [0.1, 0.15) is 36.8 Å². The zero-order chi connectivity index (χ0) is 15.8. The molecule has 0 saturated carbocycles. The fraction of sp³-hybridized carbons (Fsp3) is 0.429. The topological polar surface area (TPSA) is 91.8 Å². The second kappa shape index (κ2) is 7.98. The van der Waals surface area contributed by atoms with Crippen LogP contribution in [-0.4, -0.2) is 35.8 Å². The van der Waals surface area contributed by atoms with Crippen LogP contribution >= 0.6 is 0 Å². The zero-order valence-electron chi connectivity index (χ0n) is 12.1. The van der Waals surface area contributed by atoms with Crippen LogP contribution in [0.5, 0.6) is 0 Å². The van der Waals surface area contributed by atoms with Gasteiger partial charge < -0.3 is 14.2 Å². The fourth-order valence-corrected chi connectivity index (χ4v) is 1.48. The van der Waals surface area contributed by atoms with E-state index in [1.165, 1.54) is 18.3 Å². The first-order chi connectivity index (χ1) is 9.93. The summed E-state index contributed by atoms with van der Waals surface area (Å²) in [6.45, 7) is 5.11. The predicted octanol–water partition coefficient (Wildman–Crippen LogP) is 1.89. The molecule has 21 heavy (non-hydrogen) atoms. The number of rotatable bonds is 5. The number of nitrogens with zero attached hydrogens (tertiary/aromatic N) is 1. The van der Waals surface area contributed by atoms with Gasteiger partial charge in [0.2, 0.25) is 0 Å². The molecular formula is C14H17NO6. The lowest BCUT2D eigenvalue weighted by atomic mass is 10.1. The van der Waals surface area contributed by atoms with Gasteiger partial charge >= 0.3 is 18.1 Å². The molecule has 7 heteroatoms. The molecule has 0 aliphatic rings. The molecule has 0 fully saturated rings. The Hall–Kier alpha value is -2.44. The van der Waals surface area contributed by atoms with Crippen LogP contribution in [0.25, 0.3) is 0 Å². The summed E-state index contributed by atoms with van der Waals surface area (Å²) in [4.78, 5) is 38.5. The molecule has 0 amide bonds. The summed E-state index contributed by atoms with van der Waals surface area (Å²) in [5.41, 5.74) is 0.198. The maximum atomic E-state index is 11.8. The minimum Gasteiger partial charge on any atom is -0.463 e. The molecule has 1 aromatic rings. The zero-order valence-corrected chi connectivity index (χ0v) is 12.1. The van der Waals surface area contributed by atoms with Gasteiger partial charge in [-0.1, -0.05) is 0 Å². The molecule has 0 spiro atoms. The summed E-state index contributed by atoms with van der Waals surface area (Å²) < 4.78 is 14.0. The van der Waals surface area contributed by atoms with Crippen molar-refractivity contribution in [1.82, 2.24) is 4.98 Å². The maximum absolute atomic E-state index is 11.8. The minimum atomic E-state index is -1.10. The molecule has 0 unspecified atom stereocenters. The first-order valence-corrected chi connectivity index (χ1v) is 6.46. The fourth-order valence-electron chi connectivity index (χ4n) is 1.48. The van der Waals surface area contributed by atoms with Gasteiger partial charge in [-0.2, -0.15) is 0 Å². The largest absolute Gasteiger partial charge is 0.516 e. The van der Waals surface area contributed by atoms with Crippen molar-refractivity contribution >= 4 is 18.1 Å². The number of aromatic nitrogens is 1. The highest BCUT2D eigenvalue weighted by Crippen LogP contribution is 2.10. The number of ether oxygens (including phenoxy) is 3. The predicted molar refractivity (Wildman–Crippen MR) is 71.6 cm³/mol. The summed E-state index contributed by atoms with van der Waals surface area (Å²) in [5, 5.41) is 0. The second-order valence-electron chi connectivity index (χ2n) is 4.29. The molecule has 0 N–H and O–H groups in total. The molecule has 0 atom stereocenters. The Morgan fingerprint density at radius 1 is 1.29 bits per heavy atom. The van der Waals surface area contributed by atoms with Crippen molar-refractivity contribution < 1.29 is 28.6 Å². The van der Waals surface area contributed by atoms with Crippen LogP contribution < -0.4 is 0 Å². The van der Waals surface area contributed by atoms with Crippen LogP contribution in [0, 0.1) is 0 Å². The van der Waals surface area contributed by atoms with Gasteiger partial charge in [0.25, 0.3) is 0 Å². The number of esters is 2. The van der Waals surface area contributed by atoms with Crippen LogP contribution in [0.2, 0.25) is 0 Å². The third kappa shape index (κ3) is 5.60. The van der Waals surface area contributed by atoms with Crippen LogP contribution in [0.15, 0.2) is 18.3 Å². The Morgan fingerprint density at radius 3 is 2.62 bits per heavy atom. The van der Waals surface area contributed by atoms with Crippen molar-refractivity contribution in [2.24, 2.45) is 0 Å². The van der Waals surface area contributed by atoms with Crippen molar-refractivity contribution in [3.8, 4) is 0 Å². The highest BCUT2D eigenvalue weighted by Gasteiger charge is 2.20. The van der Waals surface area contributed by atoms with Crippen molar-refractivity contribution in [3.05, 3.63) is 29.6 Å². The molecule has 0 saturated heterocycles. The van der Waals surface area contributed by atoms with E-state index < -0.39 is 18.1 Å². The van der Waals surface area contributed by atoms with E-state index in [9.17, 15) is 14.4 Å². The molecule has 1 rings (SSSR count). The van der Waals surface area contributed by atoms with Crippen molar-refractivity contribution in [2.45, 2.75) is 33.3 Å². The molecular weight excluding hydrogens is 278 g/mol. The molecule has 0 radical (unpaired) electrons. The molecule has 0 bridgehead atoms. The van der Waals surface area contributed by atoms with Gasteiger partial charge in [0.05, 0.1) is 30.4 Å². The van der Waals surface area contributed by atoms with E-state index in [0.29, 0.717) is 0 Å². The molecule has 7 nitrogen and oxygen atoms in total. The molecule has 0 aromatic carbocycles. The molecule has 1 aromatic heterocycles. The lowest BCUT2D eigenvalue weighted by molar-refractivity contribution is -0.146. The van der Waals surface area contributed by atoms with Crippen LogP contribution in [-0.2, 0) is 25.4 Å². The number of pyridine rings is 1. The lowest BCUT2D eigenvalue weighted by Gasteiger charge is -2.09. The van der Waals surface area contributed by atoms with Gasteiger partial charge in [-0.05, 0) is 32.9 Å². The summed E-state index contributed by atoms with van der Waals surface area (Å²) in [6, 6.07) is 2.91. The van der Waals surface area contributed by atoms with Gasteiger partial charge in [-0.15, -0.1) is 0 Å². The minimum absolute atomic E-state index is 0.0197. The Morgan fingerprint density at radius 2 is 2.00 bits per heavy atom. The van der Waals surface area contributed by atoms with Gasteiger partial charge in [0.15, 0.2) is 0 Å². The monoisotopic (exact) mass is 295 g/mol.